The van der Waals surface area contributed by atoms with Crippen LogP contribution in [0.4, 0.5) is 11.5 Å². The van der Waals surface area contributed by atoms with Crippen molar-refractivity contribution in [3.63, 3.8) is 0 Å². The van der Waals surface area contributed by atoms with E-state index in [1.807, 2.05) is 13.8 Å². The van der Waals surface area contributed by atoms with Crippen LogP contribution in [0.2, 0.25) is 0 Å². The number of nitro benzene ring substituents is 1. The van der Waals surface area contributed by atoms with Gasteiger partial charge in [-0.05, 0) is 50.8 Å². The Morgan fingerprint density at radius 2 is 2.00 bits per heavy atom. The number of amides is 1. The van der Waals surface area contributed by atoms with E-state index in [2.05, 4.69) is 16.0 Å². The van der Waals surface area contributed by atoms with Crippen LogP contribution in [-0.2, 0) is 4.79 Å². The molecule has 3 rings (SSSR count). The molecule has 1 aliphatic carbocycles. The molecule has 0 atom stereocenters. The lowest BCUT2D eigenvalue weighted by Crippen LogP contribution is -2.24. The number of nitrogens with one attached hydrogen (secondary N) is 1. The first kappa shape index (κ1) is 21.4. The average molecular weight is 410 g/mol. The summed E-state index contributed by atoms with van der Waals surface area (Å²) in [5.41, 5.74) is 2.83. The summed E-state index contributed by atoms with van der Waals surface area (Å²) in [6.07, 6.45) is 5.46. The minimum absolute atomic E-state index is 0.0382. The second kappa shape index (κ2) is 8.99. The zero-order valence-electron chi connectivity index (χ0n) is 17.5. The number of aromatic nitrogens is 1. The maximum atomic E-state index is 12.6. The van der Waals surface area contributed by atoms with E-state index in [4.69, 9.17) is 4.74 Å². The van der Waals surface area contributed by atoms with Crippen LogP contribution in [0.3, 0.4) is 0 Å². The van der Waals surface area contributed by atoms with Gasteiger partial charge in [-0.25, -0.2) is 0 Å². The second-order valence-electron chi connectivity index (χ2n) is 7.77. The summed E-state index contributed by atoms with van der Waals surface area (Å²) >= 11 is 0. The zero-order chi connectivity index (χ0) is 21.8. The smallest absolute Gasteiger partial charge is 0.311 e. The fourth-order valence-corrected chi connectivity index (χ4v) is 4.09. The molecule has 1 aliphatic rings. The van der Waals surface area contributed by atoms with Gasteiger partial charge in [0, 0.05) is 17.8 Å². The molecular weight excluding hydrogens is 384 g/mol. The SMILES string of the molecule is Cc1ccc(OCC(=O)Nc2c(C#N)c(C)c(C)n2C2CCCCC2)c([N+](=O)[O-])c1. The van der Waals surface area contributed by atoms with Crippen LogP contribution in [0.15, 0.2) is 18.2 Å². The molecule has 30 heavy (non-hydrogen) atoms. The van der Waals surface area contributed by atoms with Crippen molar-refractivity contribution in [1.82, 2.24) is 4.57 Å². The lowest BCUT2D eigenvalue weighted by Gasteiger charge is -2.27. The molecule has 1 heterocycles. The van der Waals surface area contributed by atoms with Gasteiger partial charge in [-0.3, -0.25) is 14.9 Å². The molecule has 1 saturated carbocycles. The molecule has 1 fully saturated rings. The molecule has 8 heteroatoms. The zero-order valence-corrected chi connectivity index (χ0v) is 17.5. The van der Waals surface area contributed by atoms with Crippen LogP contribution < -0.4 is 10.1 Å². The maximum Gasteiger partial charge on any atom is 0.311 e. The topological polar surface area (TPSA) is 110 Å². The number of hydrogen-bond donors (Lipinski definition) is 1. The molecule has 1 N–H and O–H groups in total. The molecule has 0 radical (unpaired) electrons. The Labute approximate surface area is 175 Å². The number of carbonyl (C=O) groups is 1. The summed E-state index contributed by atoms with van der Waals surface area (Å²) in [7, 11) is 0. The number of hydrogen-bond acceptors (Lipinski definition) is 5. The van der Waals surface area contributed by atoms with Gasteiger partial charge in [-0.1, -0.05) is 25.3 Å². The molecule has 0 spiro atoms. The van der Waals surface area contributed by atoms with Gasteiger partial charge in [0.25, 0.3) is 5.91 Å². The van der Waals surface area contributed by atoms with Crippen molar-refractivity contribution < 1.29 is 14.5 Å². The Balaban J connectivity index is 1.81. The fraction of sp³-hybridized carbons (Fsp3) is 0.455. The Hall–Kier alpha value is -3.34. The molecule has 8 nitrogen and oxygen atoms in total. The third kappa shape index (κ3) is 4.30. The summed E-state index contributed by atoms with van der Waals surface area (Å²) in [5.74, 6) is 0.0682. The number of anilines is 1. The third-order valence-corrected chi connectivity index (χ3v) is 5.74. The molecule has 1 amide bonds. The molecule has 0 unspecified atom stereocenters. The van der Waals surface area contributed by atoms with E-state index < -0.39 is 10.8 Å². The van der Waals surface area contributed by atoms with E-state index >= 15 is 0 Å². The highest BCUT2D eigenvalue weighted by Gasteiger charge is 2.26. The number of nitro groups is 1. The predicted molar refractivity (Wildman–Crippen MR) is 113 cm³/mol. The molecule has 0 saturated heterocycles. The van der Waals surface area contributed by atoms with Gasteiger partial charge in [0.1, 0.15) is 11.9 Å². The van der Waals surface area contributed by atoms with Crippen LogP contribution in [0.5, 0.6) is 5.75 Å². The van der Waals surface area contributed by atoms with E-state index in [0.717, 1.165) is 42.5 Å². The largest absolute Gasteiger partial charge is 0.477 e. The highest BCUT2D eigenvalue weighted by Crippen LogP contribution is 2.36. The van der Waals surface area contributed by atoms with E-state index in [9.17, 15) is 20.2 Å². The fourth-order valence-electron chi connectivity index (χ4n) is 4.09. The Bertz CT molecular complexity index is 1010. The Morgan fingerprint density at radius 1 is 1.30 bits per heavy atom. The van der Waals surface area contributed by atoms with Crippen molar-refractivity contribution in [2.75, 3.05) is 11.9 Å². The van der Waals surface area contributed by atoms with E-state index in [1.165, 1.54) is 18.6 Å². The first-order valence-corrected chi connectivity index (χ1v) is 10.1. The lowest BCUT2D eigenvalue weighted by atomic mass is 9.95. The minimum Gasteiger partial charge on any atom is -0.477 e. The van der Waals surface area contributed by atoms with Crippen LogP contribution in [0, 0.1) is 42.2 Å². The van der Waals surface area contributed by atoms with E-state index in [1.54, 1.807) is 13.0 Å². The summed E-state index contributed by atoms with van der Waals surface area (Å²) in [6.45, 7) is 5.21. The predicted octanol–water partition coefficient (Wildman–Crippen LogP) is 4.72. The van der Waals surface area contributed by atoms with Crippen LogP contribution in [0.25, 0.3) is 0 Å². The number of rotatable bonds is 6. The number of carbonyl (C=O) groups excluding carboxylic acids is 1. The van der Waals surface area contributed by atoms with Gasteiger partial charge in [-0.2, -0.15) is 5.26 Å². The van der Waals surface area contributed by atoms with Crippen molar-refractivity contribution in [2.45, 2.75) is 58.9 Å². The van der Waals surface area contributed by atoms with Crippen molar-refractivity contribution in [1.29, 1.82) is 5.26 Å². The van der Waals surface area contributed by atoms with E-state index in [-0.39, 0.29) is 24.1 Å². The van der Waals surface area contributed by atoms with Crippen LogP contribution in [0.1, 0.15) is 60.5 Å². The molecule has 158 valence electrons. The monoisotopic (exact) mass is 410 g/mol. The molecular formula is C22H26N4O4. The molecule has 0 aliphatic heterocycles. The number of ether oxygens (including phenoxy) is 1. The van der Waals surface area contributed by atoms with Gasteiger partial charge in [0.15, 0.2) is 12.4 Å². The minimum atomic E-state index is -0.533. The Morgan fingerprint density at radius 3 is 2.63 bits per heavy atom. The number of aryl methyl sites for hydroxylation is 1. The molecule has 1 aromatic carbocycles. The van der Waals surface area contributed by atoms with Crippen molar-refractivity contribution in [2.24, 2.45) is 0 Å². The maximum absolute atomic E-state index is 12.6. The Kier molecular flexibility index (Phi) is 6.40. The molecule has 1 aromatic heterocycles. The highest BCUT2D eigenvalue weighted by atomic mass is 16.6. The lowest BCUT2D eigenvalue weighted by molar-refractivity contribution is -0.385. The quantitative estimate of drug-likeness (QED) is 0.547. The van der Waals surface area contributed by atoms with Gasteiger partial charge >= 0.3 is 5.69 Å². The summed E-state index contributed by atoms with van der Waals surface area (Å²) in [6, 6.07) is 7.03. The summed E-state index contributed by atoms with van der Waals surface area (Å²) in [5, 5.41) is 23.7. The third-order valence-electron chi connectivity index (χ3n) is 5.74. The van der Waals surface area contributed by atoms with E-state index in [0.29, 0.717) is 11.4 Å². The van der Waals surface area contributed by atoms with Crippen molar-refractivity contribution >= 4 is 17.4 Å². The second-order valence-corrected chi connectivity index (χ2v) is 7.77. The first-order valence-electron chi connectivity index (χ1n) is 10.1. The van der Waals surface area contributed by atoms with Crippen molar-refractivity contribution in [3.05, 3.63) is 50.7 Å². The van der Waals surface area contributed by atoms with Gasteiger partial charge < -0.3 is 14.6 Å². The number of benzene rings is 1. The standard InChI is InChI=1S/C22H26N4O4/c1-14-9-10-20(19(11-14)26(28)29)30-13-21(27)24-22-18(12-23)15(2)16(3)25(22)17-7-5-4-6-8-17/h9-11,17H,4-8,13H2,1-3H3,(H,24,27). The number of nitriles is 1. The van der Waals surface area contributed by atoms with Gasteiger partial charge in [0.2, 0.25) is 0 Å². The summed E-state index contributed by atoms with van der Waals surface area (Å²) < 4.78 is 7.51. The molecule has 0 bridgehead atoms. The molecule has 2 aromatic rings. The normalized spacial score (nSPS) is 14.2. The van der Waals surface area contributed by atoms with Crippen LogP contribution in [-0.4, -0.2) is 22.0 Å². The number of nitrogens with zero attached hydrogens (tertiary/aromatic N) is 3. The van der Waals surface area contributed by atoms with Gasteiger partial charge in [0.05, 0.1) is 10.5 Å². The van der Waals surface area contributed by atoms with Crippen molar-refractivity contribution in [3.8, 4) is 11.8 Å². The first-order chi connectivity index (χ1) is 14.3. The summed E-state index contributed by atoms with van der Waals surface area (Å²) in [4.78, 5) is 23.3. The average Bonchev–Trinajstić information content (AvgIpc) is 2.96. The highest BCUT2D eigenvalue weighted by molar-refractivity contribution is 5.93. The van der Waals surface area contributed by atoms with Gasteiger partial charge in [-0.15, -0.1) is 0 Å². The van der Waals surface area contributed by atoms with Crippen LogP contribution >= 0.6 is 0 Å².